The summed E-state index contributed by atoms with van der Waals surface area (Å²) in [4.78, 5) is 20.7. The molecule has 2 aromatic rings. The molecule has 23 heavy (non-hydrogen) atoms. The molecule has 0 radical (unpaired) electrons. The monoisotopic (exact) mass is 316 g/mol. The lowest BCUT2D eigenvalue weighted by atomic mass is 10.0. The van der Waals surface area contributed by atoms with E-state index in [-0.39, 0.29) is 6.01 Å². The third-order valence-electron chi connectivity index (χ3n) is 3.27. The molecular weight excluding hydrogens is 300 g/mol. The lowest BCUT2D eigenvalue weighted by Crippen LogP contribution is -2.39. The van der Waals surface area contributed by atoms with Gasteiger partial charge in [0.1, 0.15) is 11.3 Å². The smallest absolute Gasteiger partial charge is 0.345 e. The zero-order valence-corrected chi connectivity index (χ0v) is 13.2. The summed E-state index contributed by atoms with van der Waals surface area (Å²) in [5.41, 5.74) is 1.35. The molecule has 1 aliphatic rings. The molecule has 0 unspecified atom stereocenters. The number of carbonyl (C=O) groups is 1. The fourth-order valence-corrected chi connectivity index (χ4v) is 2.34. The Morgan fingerprint density at radius 1 is 1.09 bits per heavy atom. The molecule has 0 spiro atoms. The van der Waals surface area contributed by atoms with Crippen molar-refractivity contribution in [2.45, 2.75) is 19.6 Å². The van der Waals surface area contributed by atoms with Gasteiger partial charge in [0.05, 0.1) is 19.9 Å². The van der Waals surface area contributed by atoms with Gasteiger partial charge in [0, 0.05) is 25.5 Å². The van der Waals surface area contributed by atoms with Crippen LogP contribution in [0.1, 0.15) is 24.2 Å². The van der Waals surface area contributed by atoms with Crippen LogP contribution in [0.15, 0.2) is 24.3 Å². The van der Waals surface area contributed by atoms with Crippen molar-refractivity contribution in [2.24, 2.45) is 0 Å². The molecule has 2 heterocycles. The Labute approximate surface area is 133 Å². The van der Waals surface area contributed by atoms with Crippen molar-refractivity contribution in [3.63, 3.8) is 0 Å². The number of ether oxygens (including phenoxy) is 4. The molecular formula is C16H16N2O5. The minimum Gasteiger partial charge on any atom is -0.481 e. The summed E-state index contributed by atoms with van der Waals surface area (Å²) in [6.45, 7) is 3.36. The average molecular weight is 316 g/mol. The van der Waals surface area contributed by atoms with Crippen LogP contribution in [0, 0.1) is 0 Å². The summed E-state index contributed by atoms with van der Waals surface area (Å²) in [7, 11) is 2.95. The average Bonchev–Trinajstić information content (AvgIpc) is 2.52. The van der Waals surface area contributed by atoms with Crippen molar-refractivity contribution >= 4 is 5.97 Å². The van der Waals surface area contributed by atoms with E-state index in [9.17, 15) is 4.79 Å². The highest BCUT2D eigenvalue weighted by atomic mass is 16.7. The summed E-state index contributed by atoms with van der Waals surface area (Å²) >= 11 is 0. The maximum atomic E-state index is 12.4. The number of hydrogen-bond donors (Lipinski definition) is 0. The van der Waals surface area contributed by atoms with E-state index in [1.807, 2.05) is 0 Å². The lowest BCUT2D eigenvalue weighted by Gasteiger charge is -2.32. The SMILES string of the molecule is COc1cc(-c2cccc3c2C(=O)OC(C)(C)O3)nc(OC)n1. The summed E-state index contributed by atoms with van der Waals surface area (Å²) in [5.74, 6) is -0.706. The fraction of sp³-hybridized carbons (Fsp3) is 0.312. The van der Waals surface area contributed by atoms with E-state index in [4.69, 9.17) is 18.9 Å². The summed E-state index contributed by atoms with van der Waals surface area (Å²) in [5, 5.41) is 0. The standard InChI is InChI=1S/C16H16N2O5/c1-16(2)22-11-7-5-6-9(13(11)14(19)23-16)10-8-12(20-3)18-15(17-10)21-4/h5-8H,1-4H3. The predicted octanol–water partition coefficient (Wildman–Crippen LogP) is 2.45. The molecule has 0 aliphatic carbocycles. The maximum Gasteiger partial charge on any atom is 0.345 e. The van der Waals surface area contributed by atoms with Gasteiger partial charge >= 0.3 is 12.0 Å². The van der Waals surface area contributed by atoms with Gasteiger partial charge in [-0.2, -0.15) is 9.97 Å². The number of carbonyl (C=O) groups excluding carboxylic acids is 1. The van der Waals surface area contributed by atoms with E-state index in [0.717, 1.165) is 0 Å². The van der Waals surface area contributed by atoms with Crippen molar-refractivity contribution in [3.8, 4) is 28.9 Å². The third-order valence-corrected chi connectivity index (χ3v) is 3.27. The van der Waals surface area contributed by atoms with Crippen LogP contribution in [-0.2, 0) is 4.74 Å². The predicted molar refractivity (Wildman–Crippen MR) is 80.7 cm³/mol. The molecule has 0 amide bonds. The Morgan fingerprint density at radius 2 is 1.87 bits per heavy atom. The number of hydrogen-bond acceptors (Lipinski definition) is 7. The van der Waals surface area contributed by atoms with E-state index in [1.54, 1.807) is 38.1 Å². The second-order valence-electron chi connectivity index (χ2n) is 5.35. The van der Waals surface area contributed by atoms with Crippen molar-refractivity contribution < 1.29 is 23.7 Å². The number of cyclic esters (lactones) is 1. The number of benzene rings is 1. The van der Waals surface area contributed by atoms with Crippen LogP contribution in [0.4, 0.5) is 0 Å². The summed E-state index contributed by atoms with van der Waals surface area (Å²) < 4.78 is 21.2. The number of fused-ring (bicyclic) bond motifs is 1. The topological polar surface area (TPSA) is 79.8 Å². The minimum atomic E-state index is -1.01. The normalized spacial score (nSPS) is 15.2. The molecule has 0 atom stereocenters. The van der Waals surface area contributed by atoms with E-state index in [0.29, 0.717) is 28.5 Å². The maximum absolute atomic E-state index is 12.4. The van der Waals surface area contributed by atoms with Gasteiger partial charge in [-0.25, -0.2) is 4.79 Å². The van der Waals surface area contributed by atoms with E-state index in [2.05, 4.69) is 9.97 Å². The van der Waals surface area contributed by atoms with Gasteiger partial charge in [0.2, 0.25) is 11.7 Å². The first-order valence-electron chi connectivity index (χ1n) is 6.96. The number of methoxy groups -OCH3 is 2. The molecule has 3 rings (SSSR count). The molecule has 7 heteroatoms. The van der Waals surface area contributed by atoms with Gasteiger partial charge in [-0.05, 0) is 6.07 Å². The Balaban J connectivity index is 2.18. The number of nitrogens with zero attached hydrogens (tertiary/aromatic N) is 2. The number of esters is 1. The first kappa shape index (κ1) is 15.1. The largest absolute Gasteiger partial charge is 0.481 e. The molecule has 0 fully saturated rings. The van der Waals surface area contributed by atoms with Gasteiger partial charge in [0.25, 0.3) is 0 Å². The Bertz CT molecular complexity index is 751. The van der Waals surface area contributed by atoms with Gasteiger partial charge in [-0.15, -0.1) is 0 Å². The summed E-state index contributed by atoms with van der Waals surface area (Å²) in [6, 6.07) is 7.01. The quantitative estimate of drug-likeness (QED) is 0.805. The van der Waals surface area contributed by atoms with Gasteiger partial charge in [-0.1, -0.05) is 12.1 Å². The molecule has 1 aliphatic heterocycles. The first-order valence-corrected chi connectivity index (χ1v) is 6.96. The molecule has 0 N–H and O–H groups in total. The van der Waals surface area contributed by atoms with Gasteiger partial charge in [-0.3, -0.25) is 0 Å². The summed E-state index contributed by atoms with van der Waals surface area (Å²) in [6.07, 6.45) is 0. The molecule has 1 aromatic heterocycles. The fourth-order valence-electron chi connectivity index (χ4n) is 2.34. The zero-order valence-electron chi connectivity index (χ0n) is 13.2. The lowest BCUT2D eigenvalue weighted by molar-refractivity contribution is -0.127. The Kier molecular flexibility index (Phi) is 3.55. The van der Waals surface area contributed by atoms with Crippen molar-refractivity contribution in [1.29, 1.82) is 0 Å². The Morgan fingerprint density at radius 3 is 2.57 bits per heavy atom. The van der Waals surface area contributed by atoms with Crippen LogP contribution in [0.25, 0.3) is 11.3 Å². The van der Waals surface area contributed by atoms with Crippen molar-refractivity contribution in [2.75, 3.05) is 14.2 Å². The first-order chi connectivity index (χ1) is 10.9. The molecule has 0 saturated heterocycles. The van der Waals surface area contributed by atoms with Crippen LogP contribution in [-0.4, -0.2) is 35.9 Å². The highest BCUT2D eigenvalue weighted by Crippen LogP contribution is 2.37. The molecule has 7 nitrogen and oxygen atoms in total. The van der Waals surface area contributed by atoms with E-state index in [1.165, 1.54) is 14.2 Å². The molecule has 0 bridgehead atoms. The van der Waals surface area contributed by atoms with Crippen LogP contribution in [0.3, 0.4) is 0 Å². The second kappa shape index (κ2) is 5.42. The van der Waals surface area contributed by atoms with Crippen LogP contribution < -0.4 is 14.2 Å². The van der Waals surface area contributed by atoms with Crippen molar-refractivity contribution in [3.05, 3.63) is 29.8 Å². The van der Waals surface area contributed by atoms with Crippen molar-refractivity contribution in [1.82, 2.24) is 9.97 Å². The molecule has 1 aromatic carbocycles. The van der Waals surface area contributed by atoms with Gasteiger partial charge < -0.3 is 18.9 Å². The highest BCUT2D eigenvalue weighted by molar-refractivity contribution is 6.00. The van der Waals surface area contributed by atoms with Gasteiger partial charge in [0.15, 0.2) is 0 Å². The van der Waals surface area contributed by atoms with Crippen LogP contribution in [0.5, 0.6) is 17.6 Å². The number of rotatable bonds is 3. The van der Waals surface area contributed by atoms with Crippen LogP contribution in [0.2, 0.25) is 0 Å². The van der Waals surface area contributed by atoms with E-state index >= 15 is 0 Å². The Hall–Kier alpha value is -2.83. The van der Waals surface area contributed by atoms with E-state index < -0.39 is 11.8 Å². The minimum absolute atomic E-state index is 0.141. The van der Waals surface area contributed by atoms with Crippen LogP contribution >= 0.6 is 0 Å². The molecule has 120 valence electrons. The number of aromatic nitrogens is 2. The zero-order chi connectivity index (χ0) is 16.6. The second-order valence-corrected chi connectivity index (χ2v) is 5.35. The highest BCUT2D eigenvalue weighted by Gasteiger charge is 2.36. The third kappa shape index (κ3) is 2.77. The molecule has 0 saturated carbocycles.